The Morgan fingerprint density at radius 1 is 0.857 bits per heavy atom. The molecule has 3 heterocycles. The first-order valence-electron chi connectivity index (χ1n) is 17.0. The molecule has 262 valence electrons. The Morgan fingerprint density at radius 2 is 1.45 bits per heavy atom. The Balaban J connectivity index is 1.33. The minimum atomic E-state index is -0.698. The molecule has 2 fully saturated rings. The van der Waals surface area contributed by atoms with Crippen LogP contribution in [0.2, 0.25) is 0 Å². The molecule has 0 radical (unpaired) electrons. The van der Waals surface area contributed by atoms with Gasteiger partial charge in [-0.25, -0.2) is 14.8 Å². The van der Waals surface area contributed by atoms with Crippen LogP contribution in [0.25, 0.3) is 11.1 Å². The molecule has 4 atom stereocenters. The summed E-state index contributed by atoms with van der Waals surface area (Å²) < 4.78 is 4.73. The molecule has 0 spiro atoms. The second kappa shape index (κ2) is 16.5. The lowest BCUT2D eigenvalue weighted by atomic mass is 9.94. The molecular formula is C38H51N7O4. The van der Waals surface area contributed by atoms with Crippen LogP contribution in [-0.2, 0) is 14.3 Å². The lowest BCUT2D eigenvalue weighted by Crippen LogP contribution is -2.51. The minimum absolute atomic E-state index is 0.0652. The molecule has 2 unspecified atom stereocenters. The summed E-state index contributed by atoms with van der Waals surface area (Å²) in [6.45, 7) is 25.0. The average molecular weight is 670 g/mol. The number of carbonyl (C=O) groups excluding carboxylic acids is 3. The smallest absolute Gasteiger partial charge is 0.407 e. The van der Waals surface area contributed by atoms with Crippen molar-refractivity contribution >= 4 is 29.1 Å². The topological polar surface area (TPSA) is 145 Å². The Kier molecular flexibility index (Phi) is 12.4. The zero-order valence-electron chi connectivity index (χ0n) is 29.5. The third-order valence-corrected chi connectivity index (χ3v) is 9.14. The SMILES string of the molecule is C=C(/C=C\C(=C)c1cnc(C2CCCN2C(=O)C(NC(=O)OC)C(C)C)[nH]1)C(=C)/C=C\C(=C)c1cnc([C@H]2CCC[C@H]2C(=O)NC(C)C)[nH]1. The molecule has 1 saturated carbocycles. The molecule has 49 heavy (non-hydrogen) atoms. The Hall–Kier alpha value is -4.93. The second-order valence-electron chi connectivity index (χ2n) is 13.5. The summed E-state index contributed by atoms with van der Waals surface area (Å²) in [7, 11) is 1.28. The van der Waals surface area contributed by atoms with Crippen molar-refractivity contribution in [1.82, 2.24) is 35.5 Å². The van der Waals surface area contributed by atoms with E-state index >= 15 is 0 Å². The third kappa shape index (κ3) is 9.16. The molecule has 4 rings (SSSR count). The van der Waals surface area contributed by atoms with E-state index in [-0.39, 0.29) is 41.7 Å². The lowest BCUT2D eigenvalue weighted by molar-refractivity contribution is -0.135. The average Bonchev–Trinajstić information content (AvgIpc) is 3.89. The maximum atomic E-state index is 13.4. The van der Waals surface area contributed by atoms with E-state index in [1.807, 2.05) is 52.0 Å². The summed E-state index contributed by atoms with van der Waals surface area (Å²) >= 11 is 0. The molecule has 11 heteroatoms. The molecule has 2 aliphatic rings. The molecule has 3 amide bonds. The van der Waals surface area contributed by atoms with Crippen LogP contribution in [0.4, 0.5) is 4.79 Å². The number of aromatic amines is 2. The van der Waals surface area contributed by atoms with E-state index in [0.29, 0.717) is 29.1 Å². The van der Waals surface area contributed by atoms with Gasteiger partial charge < -0.3 is 30.2 Å². The summed E-state index contributed by atoms with van der Waals surface area (Å²) in [5, 5.41) is 5.72. The molecule has 2 aromatic rings. The van der Waals surface area contributed by atoms with E-state index in [9.17, 15) is 14.4 Å². The highest BCUT2D eigenvalue weighted by Gasteiger charge is 2.38. The van der Waals surface area contributed by atoms with E-state index in [1.54, 1.807) is 17.3 Å². The summed E-state index contributed by atoms with van der Waals surface area (Å²) in [4.78, 5) is 55.7. The first kappa shape index (κ1) is 36.9. The number of likely N-dealkylation sites (tertiary alicyclic amines) is 1. The second-order valence-corrected chi connectivity index (χ2v) is 13.5. The predicted molar refractivity (Wildman–Crippen MR) is 193 cm³/mol. The van der Waals surface area contributed by atoms with Gasteiger partial charge in [0.2, 0.25) is 11.8 Å². The molecule has 0 aromatic carbocycles. The predicted octanol–water partition coefficient (Wildman–Crippen LogP) is 6.54. The van der Waals surface area contributed by atoms with Crippen molar-refractivity contribution in [2.75, 3.05) is 13.7 Å². The van der Waals surface area contributed by atoms with Gasteiger partial charge in [0.1, 0.15) is 17.7 Å². The zero-order valence-corrected chi connectivity index (χ0v) is 29.5. The van der Waals surface area contributed by atoms with Crippen molar-refractivity contribution in [2.45, 2.75) is 83.8 Å². The number of hydrogen-bond donors (Lipinski definition) is 4. The van der Waals surface area contributed by atoms with Crippen LogP contribution in [0.1, 0.15) is 94.8 Å². The van der Waals surface area contributed by atoms with Gasteiger partial charge in [0.25, 0.3) is 0 Å². The number of imidazole rings is 2. The molecule has 4 N–H and O–H groups in total. The van der Waals surface area contributed by atoms with Crippen molar-refractivity contribution in [3.8, 4) is 0 Å². The normalized spacial score (nSPS) is 19.9. The van der Waals surface area contributed by atoms with E-state index < -0.39 is 12.1 Å². The fourth-order valence-electron chi connectivity index (χ4n) is 6.34. The molecular weight excluding hydrogens is 618 g/mol. The summed E-state index contributed by atoms with van der Waals surface area (Å²) in [6, 6.07) is -0.826. The monoisotopic (exact) mass is 669 g/mol. The number of nitrogens with one attached hydrogen (secondary N) is 4. The van der Waals surface area contributed by atoms with Crippen LogP contribution >= 0.6 is 0 Å². The zero-order chi connectivity index (χ0) is 35.8. The maximum absolute atomic E-state index is 13.4. The van der Waals surface area contributed by atoms with Crippen molar-refractivity contribution in [1.29, 1.82) is 0 Å². The van der Waals surface area contributed by atoms with Gasteiger partial charge in [-0.2, -0.15) is 0 Å². The van der Waals surface area contributed by atoms with Crippen molar-refractivity contribution < 1.29 is 19.1 Å². The highest BCUT2D eigenvalue weighted by molar-refractivity contribution is 5.86. The van der Waals surface area contributed by atoms with E-state index in [1.165, 1.54) is 7.11 Å². The van der Waals surface area contributed by atoms with Gasteiger partial charge in [0.15, 0.2) is 0 Å². The molecule has 1 aliphatic carbocycles. The standard InChI is InChI=1S/C38H51N7O4/c1-22(2)33(44-38(48)49-9)37(47)45-19-11-14-32(45)35-40-21-31(43-35)27(8)18-16-25(6)24(5)15-17-26(7)30-20-39-34(42-30)28-12-10-13-29(28)36(46)41-23(3)4/h15-18,20-23,28-29,32-33H,5-8,10-14,19H2,1-4,9H3,(H,39,42)(H,40,43)(H,41,46)(H,44,48)/b17-15-,18-16-/t28-,29+,32?,33?/m0/s1. The number of methoxy groups -OCH3 is 1. The van der Waals surface area contributed by atoms with Gasteiger partial charge in [-0.05, 0) is 67.7 Å². The van der Waals surface area contributed by atoms with Gasteiger partial charge in [0.05, 0.1) is 36.9 Å². The molecule has 11 nitrogen and oxygen atoms in total. The number of amides is 3. The number of hydrogen-bond acceptors (Lipinski definition) is 6. The third-order valence-electron chi connectivity index (χ3n) is 9.14. The molecule has 1 aliphatic heterocycles. The van der Waals surface area contributed by atoms with E-state index in [4.69, 9.17) is 4.74 Å². The van der Waals surface area contributed by atoms with Crippen LogP contribution < -0.4 is 10.6 Å². The lowest BCUT2D eigenvalue weighted by Gasteiger charge is -2.30. The van der Waals surface area contributed by atoms with Crippen molar-refractivity contribution in [3.05, 3.63) is 97.2 Å². The van der Waals surface area contributed by atoms with Gasteiger partial charge >= 0.3 is 6.09 Å². The Bertz CT molecular complexity index is 1640. The number of nitrogens with zero attached hydrogens (tertiary/aromatic N) is 3. The number of carbonyl (C=O) groups is 3. The maximum Gasteiger partial charge on any atom is 0.407 e. The van der Waals surface area contributed by atoms with Crippen molar-refractivity contribution in [2.24, 2.45) is 11.8 Å². The van der Waals surface area contributed by atoms with Crippen molar-refractivity contribution in [3.63, 3.8) is 0 Å². The van der Waals surface area contributed by atoms with Gasteiger partial charge in [-0.1, -0.05) is 70.9 Å². The molecule has 1 saturated heterocycles. The van der Waals surface area contributed by atoms with Crippen LogP contribution in [0, 0.1) is 11.8 Å². The van der Waals surface area contributed by atoms with E-state index in [0.717, 1.165) is 54.9 Å². The van der Waals surface area contributed by atoms with E-state index in [2.05, 4.69) is 56.9 Å². The van der Waals surface area contributed by atoms with Gasteiger partial charge in [-0.15, -0.1) is 0 Å². The quantitative estimate of drug-likeness (QED) is 0.168. The van der Waals surface area contributed by atoms with Gasteiger partial charge in [-0.3, -0.25) is 9.59 Å². The number of allylic oxidation sites excluding steroid dienone is 8. The number of alkyl carbamates (subject to hydrolysis) is 1. The summed E-state index contributed by atoms with van der Waals surface area (Å²) in [6.07, 6.45) is 14.6. The Labute approximate surface area is 289 Å². The largest absolute Gasteiger partial charge is 0.453 e. The first-order valence-corrected chi connectivity index (χ1v) is 17.0. The summed E-state index contributed by atoms with van der Waals surface area (Å²) in [5.74, 6) is 1.29. The van der Waals surface area contributed by atoms with Crippen LogP contribution in [0.5, 0.6) is 0 Å². The van der Waals surface area contributed by atoms with Crippen LogP contribution in [0.15, 0.2) is 74.2 Å². The highest BCUT2D eigenvalue weighted by Crippen LogP contribution is 2.39. The number of H-pyrrole nitrogens is 2. The fraction of sp³-hybridized carbons (Fsp3) is 0.447. The number of aromatic nitrogens is 4. The number of rotatable bonds is 14. The van der Waals surface area contributed by atoms with Gasteiger partial charge in [0, 0.05) is 24.4 Å². The Morgan fingerprint density at radius 3 is 2.02 bits per heavy atom. The minimum Gasteiger partial charge on any atom is -0.453 e. The summed E-state index contributed by atoms with van der Waals surface area (Å²) in [5.41, 5.74) is 4.36. The molecule has 2 aromatic heterocycles. The highest BCUT2D eigenvalue weighted by atomic mass is 16.5. The fourth-order valence-corrected chi connectivity index (χ4v) is 6.34. The first-order chi connectivity index (χ1) is 23.3. The molecule has 0 bridgehead atoms. The number of ether oxygens (including phenoxy) is 1. The van der Waals surface area contributed by atoms with Crippen LogP contribution in [0.3, 0.4) is 0 Å². The van der Waals surface area contributed by atoms with Crippen LogP contribution in [-0.4, -0.2) is 68.5 Å².